The van der Waals surface area contributed by atoms with Crippen LogP contribution < -0.4 is 4.50 Å². The number of rotatable bonds is 8. The summed E-state index contributed by atoms with van der Waals surface area (Å²) in [5.41, 5.74) is 3.55. The molecule has 1 unspecified atom stereocenters. The first-order chi connectivity index (χ1) is 11.8. The highest BCUT2D eigenvalue weighted by atomic mass is 32.1. The van der Waals surface area contributed by atoms with Crippen LogP contribution in [-0.4, -0.2) is 8.07 Å². The lowest BCUT2D eigenvalue weighted by molar-refractivity contribution is 0.482. The van der Waals surface area contributed by atoms with Gasteiger partial charge in [-0.3, -0.25) is 0 Å². The van der Waals surface area contributed by atoms with Gasteiger partial charge in [0, 0.05) is 20.0 Å². The molecule has 138 valence electrons. The van der Waals surface area contributed by atoms with E-state index in [0.29, 0.717) is 0 Å². The van der Waals surface area contributed by atoms with Gasteiger partial charge in [0.15, 0.2) is 0 Å². The Balaban J connectivity index is 1.85. The summed E-state index contributed by atoms with van der Waals surface area (Å²) in [5.74, 6) is 0. The van der Waals surface area contributed by atoms with E-state index in [4.69, 9.17) is 0 Å². The number of thiophene rings is 2. The summed E-state index contributed by atoms with van der Waals surface area (Å²) in [6.45, 7) is 14.6. The van der Waals surface area contributed by atoms with Gasteiger partial charge < -0.3 is 0 Å². The summed E-state index contributed by atoms with van der Waals surface area (Å²) < 4.78 is 1.68. The molecule has 2 aromatic rings. The van der Waals surface area contributed by atoms with Crippen LogP contribution in [0.5, 0.6) is 0 Å². The monoisotopic (exact) mass is 390 g/mol. The number of hydrogen-bond donors (Lipinski definition) is 0. The van der Waals surface area contributed by atoms with Crippen LogP contribution in [0.25, 0.3) is 9.75 Å². The van der Waals surface area contributed by atoms with Crippen LogP contribution in [0, 0.1) is 6.92 Å². The first-order valence-corrected chi connectivity index (χ1v) is 15.2. The number of fused-ring (bicyclic) bond motifs is 3. The van der Waals surface area contributed by atoms with Gasteiger partial charge in [-0.15, -0.1) is 22.7 Å². The molecule has 0 N–H and O–H groups in total. The zero-order valence-electron chi connectivity index (χ0n) is 16.9. The molecule has 0 spiro atoms. The second-order valence-corrected chi connectivity index (χ2v) is 16.8. The lowest BCUT2D eigenvalue weighted by Crippen LogP contribution is -2.35. The Kier molecular flexibility index (Phi) is 5.68. The van der Waals surface area contributed by atoms with Crippen LogP contribution in [0.4, 0.5) is 0 Å². The van der Waals surface area contributed by atoms with Gasteiger partial charge in [0.2, 0.25) is 0 Å². The van der Waals surface area contributed by atoms with Crippen LogP contribution in [0.2, 0.25) is 19.6 Å². The molecular formula is C22H34S2Si. The molecule has 0 saturated heterocycles. The topological polar surface area (TPSA) is 0 Å². The van der Waals surface area contributed by atoms with Gasteiger partial charge in [-0.25, -0.2) is 0 Å². The van der Waals surface area contributed by atoms with Crippen LogP contribution in [0.3, 0.4) is 0 Å². The lowest BCUT2D eigenvalue weighted by atomic mass is 9.77. The highest BCUT2D eigenvalue weighted by Crippen LogP contribution is 2.56. The molecule has 0 bridgehead atoms. The van der Waals surface area contributed by atoms with Gasteiger partial charge in [0.25, 0.3) is 0 Å². The van der Waals surface area contributed by atoms with Crippen molar-refractivity contribution in [3.63, 3.8) is 0 Å². The zero-order chi connectivity index (χ0) is 18.2. The SMILES string of the molecule is CCCCCCCCC1(C)c2cc(C)sc2-c2sc([Si](C)(C)C)cc21. The number of aryl methyl sites for hydroxylation is 1. The maximum absolute atomic E-state index is 2.60. The quantitative estimate of drug-likeness (QED) is 0.320. The summed E-state index contributed by atoms with van der Waals surface area (Å²) in [6, 6.07) is 5.09. The standard InChI is InChI=1S/C22H34S2Si/c1-7-8-9-10-11-12-13-22(3)17-14-16(2)23-20(17)21-18(22)15-19(24-21)25(4,5)6/h14-15H,7-13H2,1-6H3. The summed E-state index contributed by atoms with van der Waals surface area (Å²) in [6.07, 6.45) is 9.65. The lowest BCUT2D eigenvalue weighted by Gasteiger charge is -2.26. The third-order valence-electron chi connectivity index (χ3n) is 5.75. The minimum absolute atomic E-state index is 0.259. The van der Waals surface area contributed by atoms with Gasteiger partial charge in [-0.05, 0) is 41.1 Å². The van der Waals surface area contributed by atoms with E-state index in [-0.39, 0.29) is 5.41 Å². The van der Waals surface area contributed by atoms with Crippen molar-refractivity contribution in [2.45, 2.75) is 90.8 Å². The predicted molar refractivity (Wildman–Crippen MR) is 120 cm³/mol. The molecule has 0 amide bonds. The molecule has 0 fully saturated rings. The molecule has 2 aromatic heterocycles. The van der Waals surface area contributed by atoms with Gasteiger partial charge in [0.1, 0.15) is 0 Å². The summed E-state index contributed by atoms with van der Waals surface area (Å²) in [4.78, 5) is 4.68. The Morgan fingerprint density at radius 2 is 1.48 bits per heavy atom. The molecule has 1 atom stereocenters. The average Bonchev–Trinajstić information content (AvgIpc) is 3.17. The molecule has 1 aliphatic carbocycles. The van der Waals surface area contributed by atoms with Gasteiger partial charge in [-0.1, -0.05) is 72.0 Å². The van der Waals surface area contributed by atoms with E-state index in [1.54, 1.807) is 25.4 Å². The molecule has 2 heterocycles. The largest absolute Gasteiger partial charge is 0.144 e. The average molecular weight is 391 g/mol. The highest BCUT2D eigenvalue weighted by molar-refractivity contribution is 7.31. The van der Waals surface area contributed by atoms with Crippen molar-refractivity contribution >= 4 is 35.2 Å². The fourth-order valence-corrected chi connectivity index (χ4v) is 8.55. The molecule has 0 nitrogen and oxygen atoms in total. The Bertz CT molecular complexity index is 732. The Labute approximate surface area is 163 Å². The summed E-state index contributed by atoms with van der Waals surface area (Å²) >= 11 is 4.13. The summed E-state index contributed by atoms with van der Waals surface area (Å²) in [5, 5.41) is 0. The third-order valence-corrected chi connectivity index (χ3v) is 11.7. The maximum Gasteiger partial charge on any atom is 0.0904 e. The first kappa shape index (κ1) is 19.4. The van der Waals surface area contributed by atoms with Crippen molar-refractivity contribution in [3.05, 3.63) is 28.1 Å². The minimum atomic E-state index is -1.23. The zero-order valence-corrected chi connectivity index (χ0v) is 19.6. The maximum atomic E-state index is 2.60. The van der Waals surface area contributed by atoms with Crippen molar-refractivity contribution in [2.75, 3.05) is 0 Å². The normalized spacial score (nSPS) is 19.3. The van der Waals surface area contributed by atoms with Crippen molar-refractivity contribution in [2.24, 2.45) is 0 Å². The second-order valence-electron chi connectivity index (χ2n) is 9.05. The molecule has 0 radical (unpaired) electrons. The molecular weight excluding hydrogens is 356 g/mol. The Hall–Kier alpha value is -0.383. The van der Waals surface area contributed by atoms with Gasteiger partial charge >= 0.3 is 0 Å². The molecule has 0 aromatic carbocycles. The molecule has 0 aliphatic heterocycles. The molecule has 3 rings (SSSR count). The van der Waals surface area contributed by atoms with E-state index in [1.165, 1.54) is 49.8 Å². The smallest absolute Gasteiger partial charge is 0.0904 e. The third kappa shape index (κ3) is 3.70. The summed E-state index contributed by atoms with van der Waals surface area (Å²) in [7, 11) is -1.23. The van der Waals surface area contributed by atoms with Crippen molar-refractivity contribution in [1.29, 1.82) is 0 Å². The van der Waals surface area contributed by atoms with Crippen LogP contribution >= 0.6 is 22.7 Å². The van der Waals surface area contributed by atoms with E-state index in [1.807, 2.05) is 11.3 Å². The van der Waals surface area contributed by atoms with Crippen molar-refractivity contribution in [1.82, 2.24) is 0 Å². The Morgan fingerprint density at radius 1 is 0.880 bits per heavy atom. The number of hydrogen-bond acceptors (Lipinski definition) is 2. The van der Waals surface area contributed by atoms with E-state index < -0.39 is 8.07 Å². The van der Waals surface area contributed by atoms with Crippen LogP contribution in [0.1, 0.15) is 74.8 Å². The van der Waals surface area contributed by atoms with E-state index in [9.17, 15) is 0 Å². The molecule has 0 saturated carbocycles. The predicted octanol–water partition coefficient (Wildman–Crippen LogP) is 7.70. The molecule has 3 heteroatoms. The highest BCUT2D eigenvalue weighted by Gasteiger charge is 2.42. The van der Waals surface area contributed by atoms with E-state index in [0.717, 1.165) is 0 Å². The van der Waals surface area contributed by atoms with E-state index >= 15 is 0 Å². The minimum Gasteiger partial charge on any atom is -0.144 e. The van der Waals surface area contributed by atoms with Crippen LogP contribution in [-0.2, 0) is 5.41 Å². The van der Waals surface area contributed by atoms with Gasteiger partial charge in [0.05, 0.1) is 8.07 Å². The van der Waals surface area contributed by atoms with Gasteiger partial charge in [-0.2, -0.15) is 0 Å². The fourth-order valence-electron chi connectivity index (χ4n) is 4.11. The fraction of sp³-hybridized carbons (Fsp3) is 0.636. The molecule has 1 aliphatic rings. The second kappa shape index (κ2) is 7.32. The van der Waals surface area contributed by atoms with Crippen LogP contribution in [0.15, 0.2) is 12.1 Å². The Morgan fingerprint density at radius 3 is 2.16 bits per heavy atom. The number of unbranched alkanes of at least 4 members (excludes halogenated alkanes) is 5. The first-order valence-electron chi connectivity index (χ1n) is 10.0. The van der Waals surface area contributed by atoms with E-state index in [2.05, 4.69) is 63.9 Å². The van der Waals surface area contributed by atoms with Crippen molar-refractivity contribution in [3.8, 4) is 9.75 Å². The molecule has 25 heavy (non-hydrogen) atoms. The van der Waals surface area contributed by atoms with Crippen molar-refractivity contribution < 1.29 is 0 Å².